The minimum atomic E-state index is -3.51. The molecule has 0 amide bonds. The number of fused-ring (bicyclic) bond motifs is 1. The van der Waals surface area contributed by atoms with E-state index in [9.17, 15) is 23.1 Å². The van der Waals surface area contributed by atoms with Crippen molar-refractivity contribution in [3.05, 3.63) is 0 Å². The molecule has 2 fully saturated rings. The van der Waals surface area contributed by atoms with Crippen LogP contribution >= 0.6 is 10.9 Å². The van der Waals surface area contributed by atoms with Gasteiger partial charge in [-0.1, -0.05) is 0 Å². The number of hydrogen-bond donors (Lipinski definition) is 1. The molecule has 2 rings (SSSR count). The Morgan fingerprint density at radius 3 is 2.31 bits per heavy atom. The van der Waals surface area contributed by atoms with Crippen molar-refractivity contribution in [2.45, 2.75) is 34.8 Å². The number of carboxylic acids is 1. The van der Waals surface area contributed by atoms with Gasteiger partial charge in [0.05, 0.1) is 16.0 Å². The first-order valence-corrected chi connectivity index (χ1v) is 7.49. The van der Waals surface area contributed by atoms with Crippen LogP contribution < -0.4 is 34.7 Å². The number of aliphatic carboxylic acids is 1. The number of carboxylic acid groups (broad SMARTS) is 1. The smallest absolute Gasteiger partial charge is 0.549 e. The molecule has 0 spiro atoms. The van der Waals surface area contributed by atoms with Crippen molar-refractivity contribution in [3.8, 4) is 0 Å². The zero-order valence-corrected chi connectivity index (χ0v) is 13.0. The minimum Gasteiger partial charge on any atom is -0.549 e. The minimum absolute atomic E-state index is 0. The monoisotopic (exact) mass is 274 g/mol. The molecule has 0 aliphatic carbocycles. The van der Waals surface area contributed by atoms with E-state index in [1.54, 1.807) is 0 Å². The summed E-state index contributed by atoms with van der Waals surface area (Å²) in [5.74, 6) is -1.41. The summed E-state index contributed by atoms with van der Waals surface area (Å²) in [6.07, 6.45) is -0.0127. The van der Waals surface area contributed by atoms with Gasteiger partial charge >= 0.3 is 29.6 Å². The van der Waals surface area contributed by atoms with Crippen LogP contribution in [0.25, 0.3) is 0 Å². The standard InChI is InChI=1S/C8H12O5S2.Na/c1-8(2)6(7(10)11)14-4(9)3-5(14)15(8,12)13;/h5-6,14H,3H2,1-2H3,(H,10,11);/q;+1/p-1/t5-,6+;/m1./s1. The normalized spacial score (nSPS) is 40.4. The molecule has 0 N–H and O–H groups in total. The van der Waals surface area contributed by atoms with Gasteiger partial charge in [0.1, 0.15) is 4.58 Å². The molecule has 2 aliphatic heterocycles. The Morgan fingerprint density at radius 1 is 1.50 bits per heavy atom. The molecule has 1 unspecified atom stereocenters. The summed E-state index contributed by atoms with van der Waals surface area (Å²) in [5, 5.41) is 9.58. The van der Waals surface area contributed by atoms with Crippen LogP contribution in [-0.2, 0) is 19.4 Å². The van der Waals surface area contributed by atoms with Crippen molar-refractivity contribution in [1.82, 2.24) is 0 Å². The molecule has 3 atom stereocenters. The Hall–Kier alpha value is 0.440. The molecular weight excluding hydrogens is 263 g/mol. The van der Waals surface area contributed by atoms with Crippen LogP contribution in [0.2, 0.25) is 0 Å². The van der Waals surface area contributed by atoms with Crippen LogP contribution in [0.4, 0.5) is 0 Å². The Labute approximate surface area is 119 Å². The molecule has 0 saturated carbocycles. The third-order valence-electron chi connectivity index (χ3n) is 3.20. The maximum absolute atomic E-state index is 11.9. The fraction of sp³-hybridized carbons (Fsp3) is 0.750. The summed E-state index contributed by atoms with van der Waals surface area (Å²) in [7, 11) is -5.08. The van der Waals surface area contributed by atoms with Crippen LogP contribution in [0.5, 0.6) is 0 Å². The van der Waals surface area contributed by atoms with Gasteiger partial charge in [0, 0.05) is 6.42 Å². The second kappa shape index (κ2) is 3.98. The van der Waals surface area contributed by atoms with Gasteiger partial charge in [-0.2, -0.15) is 10.9 Å². The predicted octanol–water partition coefficient (Wildman–Crippen LogP) is -4.43. The summed E-state index contributed by atoms with van der Waals surface area (Å²) in [4.78, 5) is 22.2. The van der Waals surface area contributed by atoms with Gasteiger partial charge in [0.15, 0.2) is 15.0 Å². The SMILES string of the molecule is CC1(C)[C@H](C(=O)[O-])[SH]2C(=O)C[C@H]2S1(=O)=O.[Na+]. The van der Waals surface area contributed by atoms with Gasteiger partial charge in [0.25, 0.3) is 0 Å². The number of carbonyl (C=O) groups is 2. The molecule has 2 heterocycles. The number of sulfone groups is 1. The Balaban J connectivity index is 0.00000128. The van der Waals surface area contributed by atoms with E-state index in [-0.39, 0.29) is 41.1 Å². The molecule has 0 aromatic carbocycles. The zero-order valence-electron chi connectivity index (χ0n) is 9.26. The first-order valence-electron chi connectivity index (χ1n) is 4.46. The second-order valence-corrected chi connectivity index (χ2v) is 9.84. The Morgan fingerprint density at radius 2 is 2.00 bits per heavy atom. The van der Waals surface area contributed by atoms with Crippen molar-refractivity contribution < 1.29 is 52.7 Å². The number of thiol groups is 1. The fourth-order valence-corrected chi connectivity index (χ4v) is 9.59. The molecule has 5 nitrogen and oxygen atoms in total. The van der Waals surface area contributed by atoms with Crippen LogP contribution in [-0.4, -0.2) is 34.1 Å². The van der Waals surface area contributed by atoms with Crippen LogP contribution in [0.15, 0.2) is 0 Å². The summed E-state index contributed by atoms with van der Waals surface area (Å²) in [6, 6.07) is 0. The van der Waals surface area contributed by atoms with Crippen molar-refractivity contribution in [3.63, 3.8) is 0 Å². The third kappa shape index (κ3) is 1.52. The van der Waals surface area contributed by atoms with Gasteiger partial charge in [-0.25, -0.2) is 8.42 Å². The summed E-state index contributed by atoms with van der Waals surface area (Å²) in [6.45, 7) is 2.74. The van der Waals surface area contributed by atoms with Gasteiger partial charge in [-0.15, -0.1) is 0 Å². The number of rotatable bonds is 1. The summed E-state index contributed by atoms with van der Waals surface area (Å²) >= 11 is 0. The first kappa shape index (κ1) is 14.5. The third-order valence-corrected chi connectivity index (χ3v) is 10.4. The maximum Gasteiger partial charge on any atom is 1.00 e. The molecular formula is C8H11NaO5S2. The Bertz CT molecular complexity index is 455. The molecule has 2 aliphatic rings. The van der Waals surface area contributed by atoms with E-state index in [4.69, 9.17) is 0 Å². The largest absolute Gasteiger partial charge is 1.00 e. The van der Waals surface area contributed by atoms with E-state index in [1.165, 1.54) is 13.8 Å². The molecule has 0 aromatic rings. The molecule has 0 radical (unpaired) electrons. The Kier molecular flexibility index (Phi) is 3.61. The number of hydrogen-bond acceptors (Lipinski definition) is 5. The van der Waals surface area contributed by atoms with Crippen molar-refractivity contribution in [2.75, 3.05) is 0 Å². The van der Waals surface area contributed by atoms with Crippen molar-refractivity contribution >= 4 is 31.8 Å². The van der Waals surface area contributed by atoms with Gasteiger partial charge < -0.3 is 9.90 Å². The molecule has 86 valence electrons. The molecule has 0 aromatic heterocycles. The first-order chi connectivity index (χ1) is 6.71. The van der Waals surface area contributed by atoms with E-state index in [2.05, 4.69) is 0 Å². The predicted molar refractivity (Wildman–Crippen MR) is 54.2 cm³/mol. The molecule has 8 heteroatoms. The van der Waals surface area contributed by atoms with Gasteiger partial charge in [0.2, 0.25) is 0 Å². The molecule has 2 saturated heterocycles. The summed E-state index contributed by atoms with van der Waals surface area (Å²) in [5.41, 5.74) is 0. The average Bonchev–Trinajstić information content (AvgIpc) is 2.19. The van der Waals surface area contributed by atoms with Crippen molar-refractivity contribution in [1.29, 1.82) is 0 Å². The quantitative estimate of drug-likeness (QED) is 0.385. The summed E-state index contributed by atoms with van der Waals surface area (Å²) < 4.78 is 21.7. The van der Waals surface area contributed by atoms with E-state index < -0.39 is 41.3 Å². The average molecular weight is 274 g/mol. The van der Waals surface area contributed by atoms with E-state index in [1.807, 2.05) is 0 Å². The second-order valence-electron chi connectivity index (χ2n) is 4.33. The zero-order chi connectivity index (χ0) is 11.6. The molecule has 0 bridgehead atoms. The maximum atomic E-state index is 11.9. The topological polar surface area (TPSA) is 91.3 Å². The molecule has 16 heavy (non-hydrogen) atoms. The van der Waals surface area contributed by atoms with Crippen LogP contribution in [0, 0.1) is 0 Å². The van der Waals surface area contributed by atoms with Gasteiger partial charge in [-0.05, 0) is 13.8 Å². The van der Waals surface area contributed by atoms with Crippen LogP contribution in [0.1, 0.15) is 20.3 Å². The number of carbonyl (C=O) groups excluding carboxylic acids is 2. The fourth-order valence-electron chi connectivity index (χ4n) is 2.21. The van der Waals surface area contributed by atoms with Crippen LogP contribution in [0.3, 0.4) is 0 Å². The van der Waals surface area contributed by atoms with Gasteiger partial charge in [-0.3, -0.25) is 4.79 Å². The van der Waals surface area contributed by atoms with Crippen molar-refractivity contribution in [2.24, 2.45) is 0 Å². The van der Waals surface area contributed by atoms with E-state index >= 15 is 0 Å². The van der Waals surface area contributed by atoms with E-state index in [0.29, 0.717) is 0 Å². The van der Waals surface area contributed by atoms with E-state index in [0.717, 1.165) is 0 Å².